The lowest BCUT2D eigenvalue weighted by Crippen LogP contribution is -2.40. The minimum atomic E-state index is -0.653. The molecule has 0 unspecified atom stereocenters. The molecular weight excluding hydrogens is 461 g/mol. The highest BCUT2D eigenvalue weighted by Gasteiger charge is 2.19. The Hall–Kier alpha value is -3.07. The number of nitrogens with one attached hydrogen (secondary N) is 1. The van der Waals surface area contributed by atoms with Crippen LogP contribution in [0.2, 0.25) is 10.0 Å². The summed E-state index contributed by atoms with van der Waals surface area (Å²) in [6.45, 7) is -0.314. The van der Waals surface area contributed by atoms with Crippen molar-refractivity contribution in [1.82, 2.24) is 9.13 Å². The molecule has 4 rings (SSSR count). The molecule has 0 bridgehead atoms. The number of nitrogens with zero attached hydrogens (tertiary/aromatic N) is 2. The van der Waals surface area contributed by atoms with E-state index < -0.39 is 17.2 Å². The van der Waals surface area contributed by atoms with E-state index in [0.717, 1.165) is 4.57 Å². The molecule has 2 heterocycles. The fourth-order valence-corrected chi connectivity index (χ4v) is 4.59. The molecule has 2 aromatic heterocycles. The molecule has 0 saturated heterocycles. The predicted molar refractivity (Wildman–Crippen MR) is 123 cm³/mol. The zero-order valence-electron chi connectivity index (χ0n) is 16.1. The Morgan fingerprint density at radius 1 is 1.10 bits per heavy atom. The van der Waals surface area contributed by atoms with Crippen LogP contribution in [0.3, 0.4) is 0 Å². The van der Waals surface area contributed by atoms with E-state index in [0.29, 0.717) is 37.4 Å². The molecule has 1 amide bonds. The van der Waals surface area contributed by atoms with Crippen LogP contribution in [0, 0.1) is 0 Å². The molecule has 0 radical (unpaired) electrons. The Morgan fingerprint density at radius 3 is 2.52 bits per heavy atom. The van der Waals surface area contributed by atoms with Gasteiger partial charge in [0, 0.05) is 15.7 Å². The summed E-state index contributed by atoms with van der Waals surface area (Å²) >= 11 is 13.1. The number of anilines is 1. The van der Waals surface area contributed by atoms with Gasteiger partial charge in [-0.1, -0.05) is 35.3 Å². The first-order valence-electron chi connectivity index (χ1n) is 9.01. The molecule has 0 aliphatic carbocycles. The largest absolute Gasteiger partial charge is 0.495 e. The Balaban J connectivity index is 1.81. The Kier molecular flexibility index (Phi) is 5.86. The van der Waals surface area contributed by atoms with E-state index in [4.69, 9.17) is 27.9 Å². The van der Waals surface area contributed by atoms with Crippen molar-refractivity contribution in [3.63, 3.8) is 0 Å². The topological polar surface area (TPSA) is 82.3 Å². The number of para-hydroxylation sites is 2. The molecule has 7 nitrogen and oxygen atoms in total. The second-order valence-electron chi connectivity index (χ2n) is 6.52. The van der Waals surface area contributed by atoms with E-state index in [-0.39, 0.29) is 6.54 Å². The first kappa shape index (κ1) is 21.2. The Labute approximate surface area is 190 Å². The quantitative estimate of drug-likeness (QED) is 0.469. The van der Waals surface area contributed by atoms with E-state index >= 15 is 0 Å². The van der Waals surface area contributed by atoms with Crippen molar-refractivity contribution >= 4 is 56.3 Å². The summed E-state index contributed by atoms with van der Waals surface area (Å²) < 4.78 is 7.93. The number of methoxy groups -OCH3 is 1. The van der Waals surface area contributed by atoms with Gasteiger partial charge >= 0.3 is 5.69 Å². The standard InChI is InChI=1S/C21H15Cl2N3O4S/c1-30-17-5-3-2-4-15(17)26-20(28)19-16(6-7-31-19)25(21(26)29)11-18(27)24-14-9-12(22)8-13(23)10-14/h2-10H,11H2,1H3,(H,24,27). The van der Waals surface area contributed by atoms with Crippen LogP contribution in [0.5, 0.6) is 5.75 Å². The number of amides is 1. The number of halogens is 2. The molecule has 0 spiro atoms. The van der Waals surface area contributed by atoms with Gasteiger partial charge in [0.05, 0.1) is 18.3 Å². The van der Waals surface area contributed by atoms with Crippen LogP contribution in [0.1, 0.15) is 0 Å². The molecule has 158 valence electrons. The molecular formula is C21H15Cl2N3O4S. The Morgan fingerprint density at radius 2 is 1.81 bits per heavy atom. The molecule has 0 fully saturated rings. The molecule has 2 aromatic carbocycles. The highest BCUT2D eigenvalue weighted by molar-refractivity contribution is 7.17. The van der Waals surface area contributed by atoms with Crippen LogP contribution in [0.25, 0.3) is 15.9 Å². The number of thiophene rings is 1. The van der Waals surface area contributed by atoms with Gasteiger partial charge in [-0.15, -0.1) is 11.3 Å². The lowest BCUT2D eigenvalue weighted by Gasteiger charge is -2.14. The maximum Gasteiger partial charge on any atom is 0.336 e. The summed E-state index contributed by atoms with van der Waals surface area (Å²) in [5.74, 6) is -0.111. The zero-order valence-corrected chi connectivity index (χ0v) is 18.4. The maximum absolute atomic E-state index is 13.3. The van der Waals surface area contributed by atoms with Gasteiger partial charge in [-0.3, -0.25) is 14.2 Å². The molecule has 10 heteroatoms. The van der Waals surface area contributed by atoms with E-state index in [9.17, 15) is 14.4 Å². The van der Waals surface area contributed by atoms with Crippen LogP contribution < -0.4 is 21.3 Å². The normalized spacial score (nSPS) is 10.9. The summed E-state index contributed by atoms with van der Waals surface area (Å²) in [6.07, 6.45) is 0. The van der Waals surface area contributed by atoms with Crippen molar-refractivity contribution in [3.05, 3.63) is 84.8 Å². The number of carbonyl (C=O) groups is 1. The van der Waals surface area contributed by atoms with Gasteiger partial charge in [0.1, 0.15) is 17.0 Å². The SMILES string of the molecule is COc1ccccc1-n1c(=O)c2sccc2n(CC(=O)Nc2cc(Cl)cc(Cl)c2)c1=O. The zero-order chi connectivity index (χ0) is 22.1. The minimum absolute atomic E-state index is 0.297. The fourth-order valence-electron chi connectivity index (χ4n) is 3.24. The summed E-state index contributed by atoms with van der Waals surface area (Å²) in [5, 5.41) is 5.11. The lowest BCUT2D eigenvalue weighted by molar-refractivity contribution is -0.116. The van der Waals surface area contributed by atoms with Crippen LogP contribution in [0.4, 0.5) is 5.69 Å². The number of aromatic nitrogens is 2. The maximum atomic E-state index is 13.3. The third-order valence-electron chi connectivity index (χ3n) is 4.53. The molecule has 0 saturated carbocycles. The van der Waals surface area contributed by atoms with E-state index in [1.54, 1.807) is 53.9 Å². The van der Waals surface area contributed by atoms with Crippen molar-refractivity contribution in [3.8, 4) is 11.4 Å². The second-order valence-corrected chi connectivity index (χ2v) is 8.31. The lowest BCUT2D eigenvalue weighted by atomic mass is 10.3. The number of fused-ring (bicyclic) bond motifs is 1. The summed E-state index contributed by atoms with van der Waals surface area (Å²) in [5.41, 5.74) is -0.0517. The van der Waals surface area contributed by atoms with Gasteiger partial charge in [0.25, 0.3) is 5.56 Å². The van der Waals surface area contributed by atoms with Gasteiger partial charge in [0.2, 0.25) is 5.91 Å². The van der Waals surface area contributed by atoms with Crippen molar-refractivity contribution in [2.24, 2.45) is 0 Å². The molecule has 0 aliphatic rings. The van der Waals surface area contributed by atoms with E-state index in [2.05, 4.69) is 5.32 Å². The number of carbonyl (C=O) groups excluding carboxylic acids is 1. The van der Waals surface area contributed by atoms with Crippen LogP contribution in [-0.4, -0.2) is 22.2 Å². The molecule has 0 atom stereocenters. The van der Waals surface area contributed by atoms with Gasteiger partial charge in [-0.05, 0) is 41.8 Å². The van der Waals surface area contributed by atoms with Crippen LogP contribution >= 0.6 is 34.5 Å². The van der Waals surface area contributed by atoms with Crippen LogP contribution in [-0.2, 0) is 11.3 Å². The first-order chi connectivity index (χ1) is 14.9. The third kappa shape index (κ3) is 4.10. The predicted octanol–water partition coefficient (Wildman–Crippen LogP) is 4.17. The summed E-state index contributed by atoms with van der Waals surface area (Å²) in [4.78, 5) is 39.1. The summed E-state index contributed by atoms with van der Waals surface area (Å²) in [7, 11) is 1.45. The second kappa shape index (κ2) is 8.58. The van der Waals surface area contributed by atoms with Crippen molar-refractivity contribution in [1.29, 1.82) is 0 Å². The molecule has 4 aromatic rings. The molecule has 31 heavy (non-hydrogen) atoms. The smallest absolute Gasteiger partial charge is 0.336 e. The molecule has 0 aliphatic heterocycles. The monoisotopic (exact) mass is 475 g/mol. The number of benzene rings is 2. The highest BCUT2D eigenvalue weighted by atomic mass is 35.5. The van der Waals surface area contributed by atoms with Gasteiger partial charge in [-0.2, -0.15) is 0 Å². The third-order valence-corrected chi connectivity index (χ3v) is 5.86. The number of hydrogen-bond donors (Lipinski definition) is 1. The van der Waals surface area contributed by atoms with Gasteiger partial charge in [-0.25, -0.2) is 9.36 Å². The summed E-state index contributed by atoms with van der Waals surface area (Å²) in [6, 6.07) is 13.0. The number of rotatable bonds is 5. The van der Waals surface area contributed by atoms with E-state index in [1.807, 2.05) is 0 Å². The van der Waals surface area contributed by atoms with Crippen molar-refractivity contribution in [2.45, 2.75) is 6.54 Å². The average Bonchev–Trinajstić information content (AvgIpc) is 3.21. The van der Waals surface area contributed by atoms with Crippen LogP contribution in [0.15, 0.2) is 63.5 Å². The highest BCUT2D eigenvalue weighted by Crippen LogP contribution is 2.24. The first-order valence-corrected chi connectivity index (χ1v) is 10.6. The average molecular weight is 476 g/mol. The van der Waals surface area contributed by atoms with Gasteiger partial charge in [0.15, 0.2) is 0 Å². The molecule has 1 N–H and O–H groups in total. The number of hydrogen-bond acceptors (Lipinski definition) is 5. The van der Waals surface area contributed by atoms with Gasteiger partial charge < -0.3 is 10.1 Å². The number of ether oxygens (including phenoxy) is 1. The van der Waals surface area contributed by atoms with Crippen molar-refractivity contribution in [2.75, 3.05) is 12.4 Å². The Bertz CT molecular complexity index is 1400. The minimum Gasteiger partial charge on any atom is -0.495 e. The fraction of sp³-hybridized carbons (Fsp3) is 0.0952. The van der Waals surface area contributed by atoms with Crippen molar-refractivity contribution < 1.29 is 9.53 Å². The van der Waals surface area contributed by atoms with E-state index in [1.165, 1.54) is 23.0 Å².